The molecule has 8 heteroatoms. The molecule has 2 aromatic rings. The first-order chi connectivity index (χ1) is 11.2. The maximum atomic E-state index is 12.8. The van der Waals surface area contributed by atoms with E-state index in [1.165, 1.54) is 25.3 Å². The second-order valence-electron chi connectivity index (χ2n) is 5.62. The van der Waals surface area contributed by atoms with Gasteiger partial charge in [-0.05, 0) is 36.8 Å². The number of halogens is 3. The third-order valence-corrected chi connectivity index (χ3v) is 3.88. The lowest BCUT2D eigenvalue weighted by Gasteiger charge is -2.19. The second-order valence-corrected chi connectivity index (χ2v) is 5.62. The Morgan fingerprint density at radius 3 is 2.58 bits per heavy atom. The number of nitrogens with one attached hydrogen (secondary N) is 1. The van der Waals surface area contributed by atoms with Gasteiger partial charge in [0.1, 0.15) is 5.76 Å². The molecule has 1 aliphatic heterocycles. The minimum Gasteiger partial charge on any atom is -0.466 e. The van der Waals surface area contributed by atoms with Crippen molar-refractivity contribution >= 4 is 11.9 Å². The summed E-state index contributed by atoms with van der Waals surface area (Å²) in [6.45, 7) is 1.23. The molecule has 0 aliphatic carbocycles. The van der Waals surface area contributed by atoms with Crippen molar-refractivity contribution < 1.29 is 27.2 Å². The maximum absolute atomic E-state index is 12.8. The Morgan fingerprint density at radius 2 is 1.96 bits per heavy atom. The molecule has 1 aromatic heterocycles. The molecule has 1 aliphatic rings. The van der Waals surface area contributed by atoms with Gasteiger partial charge in [0.25, 0.3) is 5.91 Å². The quantitative estimate of drug-likeness (QED) is 0.874. The molecule has 0 unspecified atom stereocenters. The van der Waals surface area contributed by atoms with Gasteiger partial charge in [-0.15, -0.1) is 0 Å². The molecule has 1 atom stereocenters. The van der Waals surface area contributed by atoms with Crippen LogP contribution in [0.1, 0.15) is 23.8 Å². The lowest BCUT2D eigenvalue weighted by molar-refractivity contribution is -0.137. The number of amides is 3. The molecule has 5 nitrogen and oxygen atoms in total. The summed E-state index contributed by atoms with van der Waals surface area (Å²) in [6.07, 6.45) is -3.12. The van der Waals surface area contributed by atoms with Crippen molar-refractivity contribution in [1.82, 2.24) is 10.2 Å². The predicted octanol–water partition coefficient (Wildman–Crippen LogP) is 3.27. The summed E-state index contributed by atoms with van der Waals surface area (Å²) >= 11 is 0. The van der Waals surface area contributed by atoms with Gasteiger partial charge in [0.05, 0.1) is 18.4 Å². The van der Waals surface area contributed by atoms with Crippen molar-refractivity contribution in [1.29, 1.82) is 0 Å². The molecule has 24 heavy (non-hydrogen) atoms. The van der Waals surface area contributed by atoms with Crippen molar-refractivity contribution in [3.8, 4) is 0 Å². The molecular formula is C16H13F3N2O3. The first kappa shape index (κ1) is 16.1. The van der Waals surface area contributed by atoms with Gasteiger partial charge in [0, 0.05) is 0 Å². The van der Waals surface area contributed by atoms with Gasteiger partial charge in [-0.2, -0.15) is 13.2 Å². The first-order valence-corrected chi connectivity index (χ1v) is 7.06. The van der Waals surface area contributed by atoms with Gasteiger partial charge in [-0.1, -0.05) is 12.1 Å². The van der Waals surface area contributed by atoms with E-state index in [4.69, 9.17) is 4.42 Å². The van der Waals surface area contributed by atoms with E-state index < -0.39 is 29.2 Å². The molecule has 3 rings (SSSR count). The number of benzene rings is 1. The molecule has 1 fully saturated rings. The molecule has 126 valence electrons. The summed E-state index contributed by atoms with van der Waals surface area (Å²) in [7, 11) is 0. The van der Waals surface area contributed by atoms with Crippen molar-refractivity contribution in [2.75, 3.05) is 0 Å². The Balaban J connectivity index is 1.86. The fourth-order valence-corrected chi connectivity index (χ4v) is 2.60. The molecule has 0 saturated carbocycles. The second kappa shape index (κ2) is 5.40. The number of urea groups is 1. The van der Waals surface area contributed by atoms with Crippen LogP contribution < -0.4 is 5.32 Å². The van der Waals surface area contributed by atoms with Crippen LogP contribution >= 0.6 is 0 Å². The highest BCUT2D eigenvalue weighted by Crippen LogP contribution is 2.32. The first-order valence-electron chi connectivity index (χ1n) is 7.06. The fourth-order valence-electron chi connectivity index (χ4n) is 2.60. The molecule has 1 N–H and O–H groups in total. The van der Waals surface area contributed by atoms with E-state index in [2.05, 4.69) is 5.32 Å². The van der Waals surface area contributed by atoms with E-state index in [0.717, 1.165) is 17.0 Å². The minimum absolute atomic E-state index is 0.206. The smallest absolute Gasteiger partial charge is 0.416 e. The van der Waals surface area contributed by atoms with E-state index in [-0.39, 0.29) is 17.9 Å². The van der Waals surface area contributed by atoms with Crippen LogP contribution in [-0.4, -0.2) is 16.8 Å². The van der Waals surface area contributed by atoms with Gasteiger partial charge in [0.2, 0.25) is 0 Å². The Morgan fingerprint density at radius 1 is 1.21 bits per heavy atom. The number of carbonyl (C=O) groups is 2. The van der Waals surface area contributed by atoms with Crippen LogP contribution in [0.15, 0.2) is 47.1 Å². The Kier molecular flexibility index (Phi) is 3.62. The highest BCUT2D eigenvalue weighted by molar-refractivity contribution is 6.06. The van der Waals surface area contributed by atoms with Gasteiger partial charge >= 0.3 is 12.2 Å². The predicted molar refractivity (Wildman–Crippen MR) is 76.6 cm³/mol. The summed E-state index contributed by atoms with van der Waals surface area (Å²) in [4.78, 5) is 25.6. The normalized spacial score (nSPS) is 21.2. The SMILES string of the molecule is C[C@@]1(c2ccco2)NC(=O)N(Cc2cccc(C(F)(F)F)c2)C1=O. The number of carbonyl (C=O) groups excluding carboxylic acids is 2. The van der Waals surface area contributed by atoms with E-state index >= 15 is 0 Å². The van der Waals surface area contributed by atoms with E-state index in [9.17, 15) is 22.8 Å². The fraction of sp³-hybridized carbons (Fsp3) is 0.250. The zero-order chi connectivity index (χ0) is 17.5. The number of nitrogens with zero attached hydrogens (tertiary/aromatic N) is 1. The highest BCUT2D eigenvalue weighted by Gasteiger charge is 2.50. The Labute approximate surface area is 135 Å². The van der Waals surface area contributed by atoms with Gasteiger partial charge < -0.3 is 9.73 Å². The topological polar surface area (TPSA) is 62.6 Å². The lowest BCUT2D eigenvalue weighted by atomic mass is 9.99. The number of hydrogen-bond acceptors (Lipinski definition) is 3. The van der Waals surface area contributed by atoms with Gasteiger partial charge in [-0.25, -0.2) is 4.79 Å². The summed E-state index contributed by atoms with van der Waals surface area (Å²) in [5, 5.41) is 2.52. The monoisotopic (exact) mass is 338 g/mol. The average Bonchev–Trinajstić information content (AvgIpc) is 3.12. The standard InChI is InChI=1S/C16H13F3N2O3/c1-15(12-6-3-7-24-12)13(22)21(14(23)20-15)9-10-4-2-5-11(8-10)16(17,18)19/h2-8H,9H2,1H3,(H,20,23)/t15-/m0/s1. The number of hydrogen-bond donors (Lipinski definition) is 1. The van der Waals surface area contributed by atoms with E-state index in [0.29, 0.717) is 0 Å². The molecule has 0 spiro atoms. The summed E-state index contributed by atoms with van der Waals surface area (Å²) in [5.74, 6) is -0.327. The third-order valence-electron chi connectivity index (χ3n) is 3.88. The van der Waals surface area contributed by atoms with Gasteiger partial charge in [-0.3, -0.25) is 9.69 Å². The summed E-state index contributed by atoms with van der Waals surface area (Å²) in [6, 6.07) is 6.96. The number of furan rings is 1. The zero-order valence-electron chi connectivity index (χ0n) is 12.6. The van der Waals surface area contributed by atoms with Crippen molar-refractivity contribution in [3.05, 3.63) is 59.5 Å². The van der Waals surface area contributed by atoms with Crippen molar-refractivity contribution in [2.45, 2.75) is 25.2 Å². The van der Waals surface area contributed by atoms with Crippen LogP contribution in [0.3, 0.4) is 0 Å². The van der Waals surface area contributed by atoms with Crippen molar-refractivity contribution in [2.24, 2.45) is 0 Å². The minimum atomic E-state index is -4.49. The lowest BCUT2D eigenvalue weighted by Crippen LogP contribution is -2.40. The molecule has 2 heterocycles. The van der Waals surface area contributed by atoms with Crippen molar-refractivity contribution in [3.63, 3.8) is 0 Å². The molecule has 1 saturated heterocycles. The van der Waals surface area contributed by atoms with Crippen LogP contribution in [-0.2, 0) is 23.1 Å². The van der Waals surface area contributed by atoms with Crippen LogP contribution in [0, 0.1) is 0 Å². The number of imide groups is 1. The Hall–Kier alpha value is -2.77. The molecule has 1 aromatic carbocycles. The van der Waals surface area contributed by atoms with Crippen LogP contribution in [0.5, 0.6) is 0 Å². The van der Waals surface area contributed by atoms with Crippen LogP contribution in [0.2, 0.25) is 0 Å². The molecule has 0 radical (unpaired) electrons. The number of alkyl halides is 3. The van der Waals surface area contributed by atoms with Gasteiger partial charge in [0.15, 0.2) is 5.54 Å². The summed E-state index contributed by atoms with van der Waals surface area (Å²) in [5.41, 5.74) is -2.00. The van der Waals surface area contributed by atoms with E-state index in [1.54, 1.807) is 12.1 Å². The highest BCUT2D eigenvalue weighted by atomic mass is 19.4. The molecular weight excluding hydrogens is 325 g/mol. The zero-order valence-corrected chi connectivity index (χ0v) is 12.6. The van der Waals surface area contributed by atoms with E-state index in [1.807, 2.05) is 0 Å². The third kappa shape index (κ3) is 2.64. The molecule has 0 bridgehead atoms. The average molecular weight is 338 g/mol. The maximum Gasteiger partial charge on any atom is 0.416 e. The molecule has 3 amide bonds. The van der Waals surface area contributed by atoms with Crippen LogP contribution in [0.4, 0.5) is 18.0 Å². The Bertz CT molecular complexity index is 786. The number of rotatable bonds is 3. The summed E-state index contributed by atoms with van der Waals surface area (Å²) < 4.78 is 43.5. The largest absolute Gasteiger partial charge is 0.466 e. The van der Waals surface area contributed by atoms with Crippen LogP contribution in [0.25, 0.3) is 0 Å².